The second-order valence-electron chi connectivity index (χ2n) is 7.23. The Morgan fingerprint density at radius 2 is 1.86 bits per heavy atom. The Hall–Kier alpha value is -3.29. The van der Waals surface area contributed by atoms with Crippen LogP contribution in [0.1, 0.15) is 54.0 Å². The van der Waals surface area contributed by atoms with Crippen LogP contribution in [-0.4, -0.2) is 27.3 Å². The van der Waals surface area contributed by atoms with E-state index in [1.807, 2.05) is 6.92 Å². The third kappa shape index (κ3) is 4.70. The lowest BCUT2D eigenvalue weighted by molar-refractivity contribution is -0.384. The van der Waals surface area contributed by atoms with Gasteiger partial charge in [-0.1, -0.05) is 19.1 Å². The average molecular weight is 387 g/mol. The van der Waals surface area contributed by atoms with Gasteiger partial charge in [-0.2, -0.15) is 0 Å². The molecule has 0 radical (unpaired) electrons. The van der Waals surface area contributed by atoms with Crippen molar-refractivity contribution in [1.82, 2.24) is 10.4 Å². The van der Waals surface area contributed by atoms with Gasteiger partial charge in [0.1, 0.15) is 5.82 Å². The van der Waals surface area contributed by atoms with E-state index in [0.717, 1.165) is 16.6 Å². The van der Waals surface area contributed by atoms with Gasteiger partial charge in [0.2, 0.25) is 0 Å². The normalized spacial score (nSPS) is 11.0. The predicted molar refractivity (Wildman–Crippen MR) is 102 cm³/mol. The largest absolute Gasteiger partial charge is 0.275 e. The SMILES string of the molecule is CCc1ccc(C(=O)N(NC(=O)c2cccc([N+](=O)[O-])c2)C(C)(C)C)c(F)c1. The van der Waals surface area contributed by atoms with Crippen molar-refractivity contribution in [3.05, 3.63) is 75.1 Å². The van der Waals surface area contributed by atoms with Gasteiger partial charge in [-0.25, -0.2) is 9.40 Å². The number of nitro benzene ring substituents is 1. The fourth-order valence-corrected chi connectivity index (χ4v) is 2.52. The summed E-state index contributed by atoms with van der Waals surface area (Å²) < 4.78 is 14.4. The monoisotopic (exact) mass is 387 g/mol. The number of rotatable bonds is 4. The summed E-state index contributed by atoms with van der Waals surface area (Å²) in [6, 6.07) is 9.46. The lowest BCUT2D eigenvalue weighted by Crippen LogP contribution is -2.56. The first-order valence-corrected chi connectivity index (χ1v) is 8.73. The van der Waals surface area contributed by atoms with Crippen LogP contribution in [0.3, 0.4) is 0 Å². The summed E-state index contributed by atoms with van der Waals surface area (Å²) in [6.45, 7) is 6.90. The van der Waals surface area contributed by atoms with E-state index in [1.165, 1.54) is 30.3 Å². The van der Waals surface area contributed by atoms with Crippen molar-refractivity contribution in [2.45, 2.75) is 39.7 Å². The first-order chi connectivity index (χ1) is 13.0. The highest BCUT2D eigenvalue weighted by Crippen LogP contribution is 2.20. The van der Waals surface area contributed by atoms with Crippen molar-refractivity contribution < 1.29 is 18.9 Å². The highest BCUT2D eigenvalue weighted by Gasteiger charge is 2.31. The number of hydrazine groups is 1. The van der Waals surface area contributed by atoms with Crippen LogP contribution >= 0.6 is 0 Å². The third-order valence-corrected chi connectivity index (χ3v) is 4.08. The smallest absolute Gasteiger partial charge is 0.267 e. The maximum Gasteiger partial charge on any atom is 0.275 e. The van der Waals surface area contributed by atoms with Crippen molar-refractivity contribution in [2.75, 3.05) is 0 Å². The Morgan fingerprint density at radius 1 is 1.18 bits per heavy atom. The molecule has 0 aromatic heterocycles. The minimum absolute atomic E-state index is 0.0121. The summed E-state index contributed by atoms with van der Waals surface area (Å²) in [5.41, 5.74) is 1.91. The molecule has 0 aliphatic carbocycles. The molecule has 7 nitrogen and oxygen atoms in total. The molecule has 0 atom stereocenters. The summed E-state index contributed by atoms with van der Waals surface area (Å²) in [5.74, 6) is -2.10. The minimum atomic E-state index is -0.872. The van der Waals surface area contributed by atoms with Gasteiger partial charge in [0.15, 0.2) is 0 Å². The molecule has 2 amide bonds. The highest BCUT2D eigenvalue weighted by molar-refractivity contribution is 5.99. The second-order valence-corrected chi connectivity index (χ2v) is 7.23. The summed E-state index contributed by atoms with van der Waals surface area (Å²) in [6.07, 6.45) is 0.623. The summed E-state index contributed by atoms with van der Waals surface area (Å²) in [4.78, 5) is 35.8. The van der Waals surface area contributed by atoms with Crippen molar-refractivity contribution in [1.29, 1.82) is 0 Å². The number of amides is 2. The Labute approximate surface area is 162 Å². The molecule has 0 spiro atoms. The van der Waals surface area contributed by atoms with Crippen LogP contribution in [0.5, 0.6) is 0 Å². The van der Waals surface area contributed by atoms with Crippen molar-refractivity contribution >= 4 is 17.5 Å². The quantitative estimate of drug-likeness (QED) is 0.636. The van der Waals surface area contributed by atoms with Gasteiger partial charge in [-0.15, -0.1) is 0 Å². The van der Waals surface area contributed by atoms with Gasteiger partial charge >= 0.3 is 0 Å². The Bertz CT molecular complexity index is 922. The number of halogens is 1. The lowest BCUT2D eigenvalue weighted by atomic mass is 10.0. The van der Waals surface area contributed by atoms with Crippen LogP contribution in [-0.2, 0) is 6.42 Å². The molecule has 1 N–H and O–H groups in total. The van der Waals surface area contributed by atoms with Crippen molar-refractivity contribution in [2.24, 2.45) is 0 Å². The second kappa shape index (κ2) is 8.16. The number of non-ortho nitro benzene ring substituents is 1. The Balaban J connectivity index is 2.34. The zero-order chi connectivity index (χ0) is 21.1. The molecule has 0 saturated heterocycles. The number of hydrogen-bond donors (Lipinski definition) is 1. The molecule has 2 rings (SSSR count). The Kier molecular flexibility index (Phi) is 6.12. The molecular weight excluding hydrogens is 365 g/mol. The van der Waals surface area contributed by atoms with Crippen LogP contribution in [0.4, 0.5) is 10.1 Å². The fourth-order valence-electron chi connectivity index (χ4n) is 2.52. The van der Waals surface area contributed by atoms with E-state index < -0.39 is 28.1 Å². The van der Waals surface area contributed by atoms with Crippen molar-refractivity contribution in [3.63, 3.8) is 0 Å². The van der Waals surface area contributed by atoms with E-state index in [2.05, 4.69) is 5.43 Å². The minimum Gasteiger partial charge on any atom is -0.267 e. The number of benzene rings is 2. The Morgan fingerprint density at radius 3 is 2.39 bits per heavy atom. The molecule has 148 valence electrons. The molecule has 0 saturated carbocycles. The molecular formula is C20H22FN3O4. The predicted octanol–water partition coefficient (Wildman–Crippen LogP) is 3.88. The van der Waals surface area contributed by atoms with Crippen LogP contribution in [0.25, 0.3) is 0 Å². The first-order valence-electron chi connectivity index (χ1n) is 8.73. The van der Waals surface area contributed by atoms with E-state index >= 15 is 0 Å². The number of carbonyl (C=O) groups excluding carboxylic acids is 2. The van der Waals surface area contributed by atoms with Gasteiger partial charge in [0.05, 0.1) is 16.0 Å². The number of nitrogens with zero attached hydrogens (tertiary/aromatic N) is 2. The van der Waals surface area contributed by atoms with E-state index in [-0.39, 0.29) is 16.8 Å². The fraction of sp³-hybridized carbons (Fsp3) is 0.300. The van der Waals surface area contributed by atoms with E-state index in [4.69, 9.17) is 0 Å². The lowest BCUT2D eigenvalue weighted by Gasteiger charge is -2.35. The molecule has 0 unspecified atom stereocenters. The van der Waals surface area contributed by atoms with E-state index in [9.17, 15) is 24.1 Å². The maximum absolute atomic E-state index is 14.4. The topological polar surface area (TPSA) is 92.6 Å². The van der Waals surface area contributed by atoms with E-state index in [1.54, 1.807) is 26.8 Å². The van der Waals surface area contributed by atoms with Gasteiger partial charge in [0.25, 0.3) is 17.5 Å². The number of carbonyl (C=O) groups is 2. The number of nitrogens with one attached hydrogen (secondary N) is 1. The van der Waals surface area contributed by atoms with Gasteiger partial charge in [-0.05, 0) is 51.0 Å². The first kappa shape index (κ1) is 21.0. The molecule has 0 fully saturated rings. The van der Waals surface area contributed by atoms with Gasteiger partial charge < -0.3 is 0 Å². The summed E-state index contributed by atoms with van der Waals surface area (Å²) in [5, 5.41) is 11.9. The maximum atomic E-state index is 14.4. The standard InChI is InChI=1S/C20H22FN3O4/c1-5-13-9-10-16(17(21)11-13)19(26)23(20(2,3)4)22-18(25)14-7-6-8-15(12-14)24(27)28/h6-12H,5H2,1-4H3,(H,22,25). The molecule has 0 aliphatic heterocycles. The number of aryl methyl sites for hydroxylation is 1. The van der Waals surface area contributed by atoms with Gasteiger partial charge in [0, 0.05) is 17.7 Å². The van der Waals surface area contributed by atoms with Crippen LogP contribution < -0.4 is 5.43 Å². The molecule has 0 heterocycles. The number of nitro groups is 1. The molecule has 8 heteroatoms. The molecule has 2 aromatic carbocycles. The number of hydrogen-bond acceptors (Lipinski definition) is 4. The van der Waals surface area contributed by atoms with Crippen LogP contribution in [0.2, 0.25) is 0 Å². The summed E-state index contributed by atoms with van der Waals surface area (Å²) >= 11 is 0. The zero-order valence-electron chi connectivity index (χ0n) is 16.2. The highest BCUT2D eigenvalue weighted by atomic mass is 19.1. The van der Waals surface area contributed by atoms with Gasteiger partial charge in [-0.3, -0.25) is 25.1 Å². The summed E-state index contributed by atoms with van der Waals surface area (Å²) in [7, 11) is 0. The van der Waals surface area contributed by atoms with Crippen LogP contribution in [0.15, 0.2) is 42.5 Å². The molecule has 2 aromatic rings. The molecule has 0 bridgehead atoms. The van der Waals surface area contributed by atoms with Crippen LogP contribution in [0, 0.1) is 15.9 Å². The molecule has 28 heavy (non-hydrogen) atoms. The average Bonchev–Trinajstić information content (AvgIpc) is 2.64. The molecule has 0 aliphatic rings. The van der Waals surface area contributed by atoms with Crippen molar-refractivity contribution in [3.8, 4) is 0 Å². The van der Waals surface area contributed by atoms with E-state index in [0.29, 0.717) is 6.42 Å². The third-order valence-electron chi connectivity index (χ3n) is 4.08. The zero-order valence-corrected chi connectivity index (χ0v) is 16.2.